The van der Waals surface area contributed by atoms with Gasteiger partial charge in [-0.05, 0) is 67.1 Å². The van der Waals surface area contributed by atoms with Gasteiger partial charge in [0.1, 0.15) is 5.52 Å². The van der Waals surface area contributed by atoms with Crippen molar-refractivity contribution in [3.63, 3.8) is 0 Å². The molecule has 0 fully saturated rings. The van der Waals surface area contributed by atoms with Crippen LogP contribution in [0.2, 0.25) is 0 Å². The van der Waals surface area contributed by atoms with Crippen LogP contribution in [-0.4, -0.2) is 25.2 Å². The lowest BCUT2D eigenvalue weighted by atomic mass is 10.1. The fourth-order valence-corrected chi connectivity index (χ4v) is 4.21. The first-order chi connectivity index (χ1) is 17.1. The summed E-state index contributed by atoms with van der Waals surface area (Å²) in [5.41, 5.74) is 1.10. The Hall–Kier alpha value is -4.47. The maximum absolute atomic E-state index is 13.4. The molecule has 5 aromatic rings. The summed E-state index contributed by atoms with van der Waals surface area (Å²) in [6.07, 6.45) is 0.350. The van der Waals surface area contributed by atoms with Crippen molar-refractivity contribution in [3.8, 4) is 5.69 Å². The van der Waals surface area contributed by atoms with Crippen molar-refractivity contribution in [1.82, 2.24) is 24.6 Å². The molecule has 0 saturated heterocycles. The molecule has 0 aliphatic rings. The Morgan fingerprint density at radius 3 is 2.36 bits per heavy atom. The van der Waals surface area contributed by atoms with Crippen LogP contribution >= 0.6 is 0 Å². The van der Waals surface area contributed by atoms with Gasteiger partial charge in [0.2, 0.25) is 0 Å². The van der Waals surface area contributed by atoms with E-state index in [1.807, 2.05) is 19.1 Å². The summed E-state index contributed by atoms with van der Waals surface area (Å²) in [5.74, 6) is -0.322. The summed E-state index contributed by atoms with van der Waals surface area (Å²) >= 11 is 0. The number of pyridine rings is 2. The number of benzene rings is 2. The number of rotatable bonds is 4. The number of nitrogens with zero attached hydrogens (tertiary/aromatic N) is 4. The van der Waals surface area contributed by atoms with Crippen LogP contribution in [0.4, 0.5) is 13.2 Å². The number of alkyl halides is 3. The zero-order chi connectivity index (χ0) is 25.6. The van der Waals surface area contributed by atoms with E-state index in [0.29, 0.717) is 22.0 Å². The van der Waals surface area contributed by atoms with E-state index >= 15 is 0 Å². The number of aromatic nitrogens is 4. The van der Waals surface area contributed by atoms with Crippen molar-refractivity contribution in [2.24, 2.45) is 7.05 Å². The minimum atomic E-state index is -4.49. The molecule has 0 unspecified atom stereocenters. The molecule has 0 saturated carbocycles. The highest BCUT2D eigenvalue weighted by Gasteiger charge is 2.30. The highest BCUT2D eigenvalue weighted by Crippen LogP contribution is 2.31. The third kappa shape index (κ3) is 4.10. The van der Waals surface area contributed by atoms with Gasteiger partial charge in [0, 0.05) is 42.3 Å². The number of fused-ring (bicyclic) bond motifs is 3. The average molecular weight is 491 g/mol. The topological polar surface area (TPSA) is 81.8 Å². The third-order valence-electron chi connectivity index (χ3n) is 6.02. The molecule has 182 valence electrons. The van der Waals surface area contributed by atoms with Crippen molar-refractivity contribution >= 4 is 27.7 Å². The molecule has 36 heavy (non-hydrogen) atoms. The van der Waals surface area contributed by atoms with Crippen LogP contribution in [0.3, 0.4) is 0 Å². The Labute approximate surface area is 202 Å². The number of hydrogen-bond acceptors (Lipinski definition) is 4. The van der Waals surface area contributed by atoms with Crippen molar-refractivity contribution in [2.75, 3.05) is 0 Å². The van der Waals surface area contributed by atoms with Crippen molar-refractivity contribution in [1.29, 1.82) is 0 Å². The van der Waals surface area contributed by atoms with Crippen LogP contribution in [0, 0.1) is 0 Å². The lowest BCUT2D eigenvalue weighted by Gasteiger charge is -2.16. The van der Waals surface area contributed by atoms with E-state index in [1.165, 1.54) is 21.4 Å². The maximum Gasteiger partial charge on any atom is 0.416 e. The summed E-state index contributed by atoms with van der Waals surface area (Å²) in [7, 11) is 1.67. The normalized spacial score (nSPS) is 12.7. The SMILES string of the molecule is C[C@H](NC(=O)c1ccc2c(c1)c1nn(C)cc1c(=O)n2-c1ccc(C(F)(F)F)cc1)c1ccncc1. The summed E-state index contributed by atoms with van der Waals surface area (Å²) in [4.78, 5) is 30.4. The van der Waals surface area contributed by atoms with Crippen LogP contribution in [0.5, 0.6) is 0 Å². The second-order valence-corrected chi connectivity index (χ2v) is 8.46. The fraction of sp³-hybridized carbons (Fsp3) is 0.154. The van der Waals surface area contributed by atoms with E-state index in [1.54, 1.807) is 43.8 Å². The first-order valence-corrected chi connectivity index (χ1v) is 11.0. The number of hydrogen-bond donors (Lipinski definition) is 1. The zero-order valence-electron chi connectivity index (χ0n) is 19.2. The van der Waals surface area contributed by atoms with Gasteiger partial charge in [-0.1, -0.05) is 0 Å². The van der Waals surface area contributed by atoms with E-state index < -0.39 is 17.3 Å². The quantitative estimate of drug-likeness (QED) is 0.392. The number of nitrogens with one attached hydrogen (secondary N) is 1. The second kappa shape index (κ2) is 8.63. The summed E-state index contributed by atoms with van der Waals surface area (Å²) in [6.45, 7) is 1.85. The predicted molar refractivity (Wildman–Crippen MR) is 129 cm³/mol. The Morgan fingerprint density at radius 2 is 1.69 bits per heavy atom. The molecule has 0 aliphatic heterocycles. The van der Waals surface area contributed by atoms with Gasteiger partial charge in [0.05, 0.1) is 22.5 Å². The standard InChI is InChI=1S/C26H20F3N5O2/c1-15(16-9-11-30-12-10-16)31-24(35)17-3-8-22-20(13-17)23-21(14-33(2)32-23)25(36)34(22)19-6-4-18(5-7-19)26(27,28)29/h3-15H,1-2H3,(H,31,35)/t15-/m0/s1. The Balaban J connectivity index is 1.63. The summed E-state index contributed by atoms with van der Waals surface area (Å²) < 4.78 is 42.0. The van der Waals surface area contributed by atoms with Gasteiger partial charge in [-0.25, -0.2) is 0 Å². The van der Waals surface area contributed by atoms with Gasteiger partial charge in [-0.2, -0.15) is 18.3 Å². The van der Waals surface area contributed by atoms with Gasteiger partial charge < -0.3 is 5.32 Å². The first kappa shape index (κ1) is 23.3. The van der Waals surface area contributed by atoms with Gasteiger partial charge in [0.25, 0.3) is 11.5 Å². The van der Waals surface area contributed by atoms with Gasteiger partial charge in [-0.3, -0.25) is 23.8 Å². The molecule has 3 heterocycles. The van der Waals surface area contributed by atoms with Crippen molar-refractivity contribution < 1.29 is 18.0 Å². The van der Waals surface area contributed by atoms with Gasteiger partial charge in [0.15, 0.2) is 0 Å². The average Bonchev–Trinajstić information content (AvgIpc) is 3.26. The van der Waals surface area contributed by atoms with Crippen LogP contribution in [0.1, 0.15) is 34.5 Å². The van der Waals surface area contributed by atoms with E-state index in [-0.39, 0.29) is 23.0 Å². The summed E-state index contributed by atoms with van der Waals surface area (Å²) in [5, 5.41) is 8.16. The molecular weight excluding hydrogens is 471 g/mol. The molecule has 1 atom stereocenters. The smallest absolute Gasteiger partial charge is 0.346 e. The Kier molecular flexibility index (Phi) is 5.58. The molecule has 0 radical (unpaired) electrons. The first-order valence-electron chi connectivity index (χ1n) is 11.0. The van der Waals surface area contributed by atoms with Gasteiger partial charge >= 0.3 is 6.18 Å². The minimum Gasteiger partial charge on any atom is -0.346 e. The monoisotopic (exact) mass is 491 g/mol. The highest BCUT2D eigenvalue weighted by molar-refractivity contribution is 6.07. The lowest BCUT2D eigenvalue weighted by molar-refractivity contribution is -0.137. The molecule has 2 aromatic carbocycles. The molecule has 1 N–H and O–H groups in total. The fourth-order valence-electron chi connectivity index (χ4n) is 4.21. The van der Waals surface area contributed by atoms with Crippen LogP contribution < -0.4 is 10.9 Å². The van der Waals surface area contributed by atoms with E-state index in [9.17, 15) is 22.8 Å². The van der Waals surface area contributed by atoms with E-state index in [0.717, 1.165) is 17.7 Å². The van der Waals surface area contributed by atoms with E-state index in [2.05, 4.69) is 15.4 Å². The van der Waals surface area contributed by atoms with Crippen LogP contribution in [-0.2, 0) is 13.2 Å². The number of amides is 1. The number of carbonyl (C=O) groups excluding carboxylic acids is 1. The van der Waals surface area contributed by atoms with Crippen LogP contribution in [0.15, 0.2) is 78.0 Å². The molecule has 5 rings (SSSR count). The maximum atomic E-state index is 13.4. The minimum absolute atomic E-state index is 0.271. The molecular formula is C26H20F3N5O2. The molecule has 0 bridgehead atoms. The molecule has 3 aromatic heterocycles. The molecule has 0 spiro atoms. The Bertz CT molecular complexity index is 1660. The largest absolute Gasteiger partial charge is 0.416 e. The molecule has 0 aliphatic carbocycles. The van der Waals surface area contributed by atoms with Gasteiger partial charge in [-0.15, -0.1) is 0 Å². The lowest BCUT2D eigenvalue weighted by Crippen LogP contribution is -2.26. The van der Waals surface area contributed by atoms with Crippen molar-refractivity contribution in [2.45, 2.75) is 19.1 Å². The second-order valence-electron chi connectivity index (χ2n) is 8.46. The van der Waals surface area contributed by atoms with E-state index in [4.69, 9.17) is 0 Å². The number of aryl methyl sites for hydroxylation is 1. The van der Waals surface area contributed by atoms with Crippen molar-refractivity contribution in [3.05, 3.63) is 100 Å². The molecule has 7 nitrogen and oxygen atoms in total. The number of halogens is 3. The predicted octanol–water partition coefficient (Wildman–Crippen LogP) is 4.78. The zero-order valence-corrected chi connectivity index (χ0v) is 19.2. The Morgan fingerprint density at radius 1 is 1.00 bits per heavy atom. The highest BCUT2D eigenvalue weighted by atomic mass is 19.4. The summed E-state index contributed by atoms with van der Waals surface area (Å²) in [6, 6.07) is 12.5. The molecule has 10 heteroatoms. The molecule has 1 amide bonds. The van der Waals surface area contributed by atoms with Crippen LogP contribution in [0.25, 0.3) is 27.5 Å². The number of carbonyl (C=O) groups is 1. The third-order valence-corrected chi connectivity index (χ3v) is 6.02.